The van der Waals surface area contributed by atoms with E-state index in [1.165, 1.54) is 24.3 Å². The second-order valence-corrected chi connectivity index (χ2v) is 7.96. The van der Waals surface area contributed by atoms with Gasteiger partial charge in [0.25, 0.3) is 5.56 Å². The van der Waals surface area contributed by atoms with Crippen LogP contribution in [0.5, 0.6) is 0 Å². The van der Waals surface area contributed by atoms with Crippen molar-refractivity contribution < 1.29 is 14.0 Å². The van der Waals surface area contributed by atoms with Gasteiger partial charge in [0, 0.05) is 17.7 Å². The summed E-state index contributed by atoms with van der Waals surface area (Å²) in [7, 11) is 0. The van der Waals surface area contributed by atoms with E-state index in [1.807, 2.05) is 6.92 Å². The van der Waals surface area contributed by atoms with E-state index in [4.69, 9.17) is 0 Å². The Bertz CT molecular complexity index is 1170. The van der Waals surface area contributed by atoms with Crippen LogP contribution in [0, 0.1) is 5.82 Å². The molecule has 2 aromatic carbocycles. The molecular weight excluding hydrogens is 433 g/mol. The first-order valence-corrected chi connectivity index (χ1v) is 10.9. The maximum absolute atomic E-state index is 13.0. The molecule has 3 N–H and O–H groups in total. The Morgan fingerprint density at radius 2 is 1.78 bits per heavy atom. The molecule has 1 unspecified atom stereocenters. The van der Waals surface area contributed by atoms with Crippen molar-refractivity contribution in [3.05, 3.63) is 64.7 Å². The average Bonchev–Trinajstić information content (AvgIpc) is 2.79. The molecule has 0 aliphatic rings. The fourth-order valence-electron chi connectivity index (χ4n) is 2.80. The first-order chi connectivity index (χ1) is 15.4. The third-order valence-electron chi connectivity index (χ3n) is 4.48. The van der Waals surface area contributed by atoms with Crippen molar-refractivity contribution in [2.45, 2.75) is 37.1 Å². The van der Waals surface area contributed by atoms with Gasteiger partial charge in [-0.15, -0.1) is 10.2 Å². The predicted molar refractivity (Wildman–Crippen MR) is 122 cm³/mol. The maximum Gasteiger partial charge on any atom is 0.278 e. The molecule has 8 nitrogen and oxygen atoms in total. The van der Waals surface area contributed by atoms with E-state index < -0.39 is 16.6 Å². The Labute approximate surface area is 188 Å². The number of rotatable bonds is 8. The zero-order valence-electron chi connectivity index (χ0n) is 17.5. The van der Waals surface area contributed by atoms with E-state index in [-0.39, 0.29) is 22.7 Å². The Kier molecular flexibility index (Phi) is 7.72. The molecular formula is C22H22FN5O3S. The number of hydrogen-bond donors (Lipinski definition) is 3. The molecule has 1 atom stereocenters. The van der Waals surface area contributed by atoms with Crippen LogP contribution < -0.4 is 16.2 Å². The number of thioether (sulfide) groups is 1. The summed E-state index contributed by atoms with van der Waals surface area (Å²) in [4.78, 5) is 39.7. The van der Waals surface area contributed by atoms with Gasteiger partial charge in [0.05, 0.1) is 10.9 Å². The third-order valence-corrected chi connectivity index (χ3v) is 5.72. The normalized spacial score (nSPS) is 11.6. The van der Waals surface area contributed by atoms with Gasteiger partial charge < -0.3 is 10.6 Å². The van der Waals surface area contributed by atoms with Crippen molar-refractivity contribution >= 4 is 35.0 Å². The average molecular weight is 456 g/mol. The summed E-state index contributed by atoms with van der Waals surface area (Å²) in [6.07, 6.45) is 0.763. The van der Waals surface area contributed by atoms with Crippen LogP contribution in [0.2, 0.25) is 0 Å². The van der Waals surface area contributed by atoms with Crippen molar-refractivity contribution in [2.24, 2.45) is 0 Å². The van der Waals surface area contributed by atoms with Crippen LogP contribution in [-0.2, 0) is 9.59 Å². The second-order valence-electron chi connectivity index (χ2n) is 6.77. The lowest BCUT2D eigenvalue weighted by Gasteiger charge is -2.14. The molecule has 0 bridgehead atoms. The Hall–Kier alpha value is -3.53. The molecule has 2 amide bonds. The van der Waals surface area contributed by atoms with E-state index in [0.717, 1.165) is 11.8 Å². The largest absolute Gasteiger partial charge is 0.325 e. The van der Waals surface area contributed by atoms with Gasteiger partial charge >= 0.3 is 0 Å². The smallest absolute Gasteiger partial charge is 0.278 e. The molecule has 0 spiro atoms. The number of benzene rings is 2. The van der Waals surface area contributed by atoms with Crippen LogP contribution in [0.15, 0.2) is 58.5 Å². The van der Waals surface area contributed by atoms with Crippen LogP contribution in [0.4, 0.5) is 15.8 Å². The van der Waals surface area contributed by atoms with Gasteiger partial charge in [0.1, 0.15) is 5.82 Å². The zero-order valence-corrected chi connectivity index (χ0v) is 18.3. The van der Waals surface area contributed by atoms with Gasteiger partial charge in [-0.25, -0.2) is 4.39 Å². The van der Waals surface area contributed by atoms with Crippen molar-refractivity contribution in [3.8, 4) is 11.3 Å². The minimum atomic E-state index is -0.549. The summed E-state index contributed by atoms with van der Waals surface area (Å²) in [5, 5.41) is 13.2. The number of anilines is 2. The highest BCUT2D eigenvalue weighted by Gasteiger charge is 2.21. The summed E-state index contributed by atoms with van der Waals surface area (Å²) >= 11 is 1.07. The van der Waals surface area contributed by atoms with Crippen LogP contribution in [0.3, 0.4) is 0 Å². The van der Waals surface area contributed by atoms with Crippen LogP contribution >= 0.6 is 11.8 Å². The maximum atomic E-state index is 13.0. The lowest BCUT2D eigenvalue weighted by molar-refractivity contribution is -0.116. The topological polar surface area (TPSA) is 117 Å². The molecule has 166 valence electrons. The number of aromatic amines is 1. The van der Waals surface area contributed by atoms with Gasteiger partial charge in [0.2, 0.25) is 11.8 Å². The number of para-hydroxylation sites is 1. The highest BCUT2D eigenvalue weighted by atomic mass is 32.2. The fraction of sp³-hybridized carbons (Fsp3) is 0.227. The molecule has 32 heavy (non-hydrogen) atoms. The number of amides is 2. The molecule has 3 rings (SSSR count). The zero-order chi connectivity index (χ0) is 23.1. The summed E-state index contributed by atoms with van der Waals surface area (Å²) in [5.74, 6) is -0.886. The molecule has 0 aliphatic heterocycles. The van der Waals surface area contributed by atoms with Gasteiger partial charge in [-0.1, -0.05) is 43.8 Å². The highest BCUT2D eigenvalue weighted by molar-refractivity contribution is 8.00. The number of nitrogens with zero attached hydrogens (tertiary/aromatic N) is 2. The summed E-state index contributed by atoms with van der Waals surface area (Å²) < 4.78 is 13.0. The van der Waals surface area contributed by atoms with E-state index in [1.54, 1.807) is 31.2 Å². The quantitative estimate of drug-likeness (QED) is 0.445. The van der Waals surface area contributed by atoms with E-state index in [9.17, 15) is 18.8 Å². The molecule has 0 fully saturated rings. The highest BCUT2D eigenvalue weighted by Crippen LogP contribution is 2.26. The van der Waals surface area contributed by atoms with Crippen molar-refractivity contribution in [3.63, 3.8) is 0 Å². The van der Waals surface area contributed by atoms with E-state index in [2.05, 4.69) is 25.8 Å². The molecule has 3 aromatic rings. The van der Waals surface area contributed by atoms with Gasteiger partial charge in [-0.3, -0.25) is 19.4 Å². The van der Waals surface area contributed by atoms with Gasteiger partial charge in [0.15, 0.2) is 10.9 Å². The fourth-order valence-corrected chi connectivity index (χ4v) is 3.64. The number of hydrogen-bond acceptors (Lipinski definition) is 6. The SMILES string of the molecule is CCC(=O)Nc1ccccc1-c1nnc(SC(CC)C(=O)Nc2ccc(F)cc2)[nH]c1=O. The Morgan fingerprint density at radius 3 is 2.44 bits per heavy atom. The molecule has 0 radical (unpaired) electrons. The standard InChI is InChI=1S/C22H22FN5O3S/c1-3-17(20(30)24-14-11-9-13(23)10-12-14)32-22-26-21(31)19(27-28-22)15-7-5-6-8-16(15)25-18(29)4-2/h5-12,17H,3-4H2,1-2H3,(H,24,30)(H,25,29)(H,26,28,31). The minimum absolute atomic E-state index is 0.0603. The summed E-state index contributed by atoms with van der Waals surface area (Å²) in [6.45, 7) is 3.56. The molecule has 0 saturated heterocycles. The van der Waals surface area contributed by atoms with Crippen molar-refractivity contribution in [1.29, 1.82) is 0 Å². The van der Waals surface area contributed by atoms with Gasteiger partial charge in [-0.2, -0.15) is 0 Å². The second kappa shape index (κ2) is 10.7. The molecule has 0 aliphatic carbocycles. The molecule has 10 heteroatoms. The van der Waals surface area contributed by atoms with Gasteiger partial charge in [-0.05, 0) is 36.8 Å². The van der Waals surface area contributed by atoms with Crippen molar-refractivity contribution in [1.82, 2.24) is 15.2 Å². The van der Waals surface area contributed by atoms with Crippen LogP contribution in [0.25, 0.3) is 11.3 Å². The number of aromatic nitrogens is 3. The lowest BCUT2D eigenvalue weighted by Crippen LogP contribution is -2.25. The number of H-pyrrole nitrogens is 1. The first kappa shape index (κ1) is 23.1. The Balaban J connectivity index is 1.77. The monoisotopic (exact) mass is 455 g/mol. The predicted octanol–water partition coefficient (Wildman–Crippen LogP) is 3.83. The number of carbonyl (C=O) groups excluding carboxylic acids is 2. The van der Waals surface area contributed by atoms with E-state index >= 15 is 0 Å². The summed E-state index contributed by atoms with van der Waals surface area (Å²) in [6, 6.07) is 12.3. The first-order valence-electron chi connectivity index (χ1n) is 10.0. The molecule has 0 saturated carbocycles. The van der Waals surface area contributed by atoms with Crippen LogP contribution in [-0.4, -0.2) is 32.2 Å². The molecule has 1 aromatic heterocycles. The number of halogens is 1. The number of nitrogens with one attached hydrogen (secondary N) is 3. The Morgan fingerprint density at radius 1 is 1.06 bits per heavy atom. The molecule has 1 heterocycles. The lowest BCUT2D eigenvalue weighted by atomic mass is 10.1. The van der Waals surface area contributed by atoms with E-state index in [0.29, 0.717) is 29.8 Å². The van der Waals surface area contributed by atoms with Crippen LogP contribution in [0.1, 0.15) is 26.7 Å². The van der Waals surface area contributed by atoms with Crippen molar-refractivity contribution in [2.75, 3.05) is 10.6 Å². The minimum Gasteiger partial charge on any atom is -0.325 e. The number of carbonyl (C=O) groups is 2. The third kappa shape index (κ3) is 5.79. The summed E-state index contributed by atoms with van der Waals surface area (Å²) in [5.41, 5.74) is 0.945.